The summed E-state index contributed by atoms with van der Waals surface area (Å²) >= 11 is 0. The standard InChI is InChI=1S/C41H67O4P.Li/c1-11-17-20-33(14-4)26-43-36-24-37(44-27-34(15-5)21-18-12-2)40(38(25-36)45-28-35(16-6)22-19-13-3)46-41(42)39-30(8)23-29(7)31(9)32(39)10;/h23-25,33-35,46H,11-22,26-28H2,1-10H3;. The zero-order chi connectivity index (χ0) is 34.1. The molecule has 4 nitrogen and oxygen atoms in total. The zero-order valence-corrected chi connectivity index (χ0v) is 33.2. The fourth-order valence-corrected chi connectivity index (χ4v) is 7.41. The third kappa shape index (κ3) is 14.1. The molecule has 0 fully saturated rings. The fraction of sp³-hybridized carbons (Fsp3) is 0.683. The van der Waals surface area contributed by atoms with E-state index >= 15 is 0 Å². The molecule has 0 aliphatic carbocycles. The molecule has 47 heavy (non-hydrogen) atoms. The summed E-state index contributed by atoms with van der Waals surface area (Å²) in [6, 6.07) is 6.22. The van der Waals surface area contributed by atoms with Crippen LogP contribution in [0, 0.1) is 45.4 Å². The summed E-state index contributed by atoms with van der Waals surface area (Å²) < 4.78 is 19.9. The number of ether oxygens (including phenoxy) is 3. The normalized spacial score (nSPS) is 13.3. The minimum atomic E-state index is -0.101. The maximum absolute atomic E-state index is 14.2. The molecule has 261 valence electrons. The fourth-order valence-electron chi connectivity index (χ4n) is 6.13. The van der Waals surface area contributed by atoms with Crippen molar-refractivity contribution in [2.24, 2.45) is 17.8 Å². The van der Waals surface area contributed by atoms with Crippen molar-refractivity contribution in [3.05, 3.63) is 46.0 Å². The zero-order valence-electron chi connectivity index (χ0n) is 32.2. The molecule has 0 bridgehead atoms. The molecule has 4 atom stereocenters. The number of unbranched alkanes of at least 4 members (excludes halogenated alkanes) is 3. The Morgan fingerprint density at radius 1 is 0.617 bits per heavy atom. The van der Waals surface area contributed by atoms with Crippen molar-refractivity contribution in [2.45, 2.75) is 146 Å². The van der Waals surface area contributed by atoms with Gasteiger partial charge in [0.1, 0.15) is 17.2 Å². The van der Waals surface area contributed by atoms with Crippen molar-refractivity contribution < 1.29 is 19.0 Å². The monoisotopic (exact) mass is 661 g/mol. The molecular formula is C41H67LiO4P. The Labute approximate surface area is 303 Å². The van der Waals surface area contributed by atoms with Gasteiger partial charge in [0.25, 0.3) is 0 Å². The van der Waals surface area contributed by atoms with Crippen molar-refractivity contribution in [1.82, 2.24) is 0 Å². The van der Waals surface area contributed by atoms with Crippen LogP contribution in [0.25, 0.3) is 0 Å². The van der Waals surface area contributed by atoms with Gasteiger partial charge in [0, 0.05) is 36.6 Å². The third-order valence-electron chi connectivity index (χ3n) is 9.93. The molecule has 0 N–H and O–H groups in total. The quantitative estimate of drug-likeness (QED) is 0.0829. The first kappa shape index (κ1) is 43.6. The average Bonchev–Trinajstić information content (AvgIpc) is 3.05. The van der Waals surface area contributed by atoms with Crippen LogP contribution < -0.4 is 19.5 Å². The molecule has 0 saturated carbocycles. The molecule has 4 unspecified atom stereocenters. The van der Waals surface area contributed by atoms with E-state index in [0.717, 1.165) is 71.3 Å². The van der Waals surface area contributed by atoms with E-state index in [4.69, 9.17) is 14.2 Å². The molecule has 0 amide bonds. The summed E-state index contributed by atoms with van der Waals surface area (Å²) in [4.78, 5) is 14.2. The predicted octanol–water partition coefficient (Wildman–Crippen LogP) is 11.5. The molecule has 0 heterocycles. The van der Waals surface area contributed by atoms with E-state index in [1.165, 1.54) is 56.1 Å². The Kier molecular flexibility index (Phi) is 22.1. The molecule has 1 radical (unpaired) electrons. The van der Waals surface area contributed by atoms with Crippen LogP contribution >= 0.6 is 8.58 Å². The van der Waals surface area contributed by atoms with Crippen molar-refractivity contribution in [1.29, 1.82) is 0 Å². The van der Waals surface area contributed by atoms with Crippen LogP contribution in [0.4, 0.5) is 0 Å². The van der Waals surface area contributed by atoms with Gasteiger partial charge in [-0.05, 0) is 95.5 Å². The summed E-state index contributed by atoms with van der Waals surface area (Å²) in [5.74, 6) is 3.74. The molecule has 0 aliphatic rings. The summed E-state index contributed by atoms with van der Waals surface area (Å²) in [6.45, 7) is 23.8. The van der Waals surface area contributed by atoms with Crippen LogP contribution in [0.15, 0.2) is 18.2 Å². The number of aryl methyl sites for hydroxylation is 2. The number of benzene rings is 2. The van der Waals surface area contributed by atoms with Gasteiger partial charge in [-0.2, -0.15) is 0 Å². The van der Waals surface area contributed by atoms with Crippen LogP contribution in [0.1, 0.15) is 151 Å². The van der Waals surface area contributed by atoms with Gasteiger partial charge in [0.05, 0.1) is 25.1 Å². The van der Waals surface area contributed by atoms with Gasteiger partial charge in [-0.1, -0.05) is 105 Å². The molecule has 2 aromatic rings. The second-order valence-electron chi connectivity index (χ2n) is 13.6. The SMILES string of the molecule is CCCCC(CC)COc1cc(OCC(CC)CCCC)c(PC(=O)c2c(C)cc(C)c(C)c2C)c(OCC(CC)CCCC)c1.[Li]. The summed E-state index contributed by atoms with van der Waals surface area (Å²) in [6.07, 6.45) is 13.9. The average molecular weight is 662 g/mol. The molecule has 2 rings (SSSR count). The Morgan fingerprint density at radius 2 is 1.04 bits per heavy atom. The van der Waals surface area contributed by atoms with Gasteiger partial charge in [-0.25, -0.2) is 0 Å². The number of hydrogen-bond acceptors (Lipinski definition) is 4. The van der Waals surface area contributed by atoms with Gasteiger partial charge in [0.15, 0.2) is 5.52 Å². The molecule has 0 spiro atoms. The first-order valence-corrected chi connectivity index (χ1v) is 19.6. The van der Waals surface area contributed by atoms with Gasteiger partial charge in [0.2, 0.25) is 0 Å². The maximum Gasteiger partial charge on any atom is 0.186 e. The van der Waals surface area contributed by atoms with Crippen LogP contribution in [-0.2, 0) is 0 Å². The number of carbonyl (C=O) groups is 1. The second kappa shape index (κ2) is 23.8. The van der Waals surface area contributed by atoms with Crippen LogP contribution in [0.2, 0.25) is 0 Å². The first-order valence-electron chi connectivity index (χ1n) is 18.6. The molecule has 6 heteroatoms. The Balaban J connectivity index is 0.0000110. The van der Waals surface area contributed by atoms with Crippen LogP contribution in [0.3, 0.4) is 0 Å². The van der Waals surface area contributed by atoms with E-state index in [-0.39, 0.29) is 33.0 Å². The molecule has 0 aromatic heterocycles. The molecular weight excluding hydrogens is 594 g/mol. The van der Waals surface area contributed by atoms with Crippen molar-refractivity contribution in [2.75, 3.05) is 19.8 Å². The number of carbonyl (C=O) groups excluding carboxylic acids is 1. The van der Waals surface area contributed by atoms with E-state index in [9.17, 15) is 4.79 Å². The van der Waals surface area contributed by atoms with E-state index < -0.39 is 0 Å². The van der Waals surface area contributed by atoms with Gasteiger partial charge in [-0.15, -0.1) is 0 Å². The minimum absolute atomic E-state index is 0. The topological polar surface area (TPSA) is 44.8 Å². The summed E-state index contributed by atoms with van der Waals surface area (Å²) in [5, 5.41) is 0.878. The molecule has 0 saturated heterocycles. The third-order valence-corrected chi connectivity index (χ3v) is 11.1. The van der Waals surface area contributed by atoms with Crippen molar-refractivity contribution in [3.63, 3.8) is 0 Å². The first-order chi connectivity index (χ1) is 22.1. The van der Waals surface area contributed by atoms with Crippen molar-refractivity contribution in [3.8, 4) is 17.2 Å². The summed E-state index contributed by atoms with van der Waals surface area (Å²) in [7, 11) is -0.101. The van der Waals surface area contributed by atoms with Crippen molar-refractivity contribution >= 4 is 38.3 Å². The van der Waals surface area contributed by atoms with Crippen LogP contribution in [0.5, 0.6) is 17.2 Å². The Morgan fingerprint density at radius 3 is 1.45 bits per heavy atom. The Hall–Kier alpha value is -1.46. The smallest absolute Gasteiger partial charge is 0.186 e. The van der Waals surface area contributed by atoms with Crippen LogP contribution in [-0.4, -0.2) is 44.2 Å². The summed E-state index contributed by atoms with van der Waals surface area (Å²) in [5.41, 5.74) is 5.51. The van der Waals surface area contributed by atoms with Gasteiger partial charge < -0.3 is 14.2 Å². The minimum Gasteiger partial charge on any atom is -0.493 e. The van der Waals surface area contributed by atoms with Gasteiger partial charge in [-0.3, -0.25) is 4.79 Å². The van der Waals surface area contributed by atoms with E-state index in [1.54, 1.807) is 0 Å². The van der Waals surface area contributed by atoms with E-state index in [1.807, 2.05) is 12.1 Å². The number of rotatable bonds is 24. The molecule has 2 aromatic carbocycles. The second-order valence-corrected chi connectivity index (χ2v) is 14.8. The van der Waals surface area contributed by atoms with Gasteiger partial charge >= 0.3 is 0 Å². The Bertz CT molecular complexity index is 1160. The molecule has 0 aliphatic heterocycles. The predicted molar refractivity (Wildman–Crippen MR) is 206 cm³/mol. The largest absolute Gasteiger partial charge is 0.493 e. The maximum atomic E-state index is 14.2. The van der Waals surface area contributed by atoms with E-state index in [0.29, 0.717) is 37.6 Å². The number of hydrogen-bond donors (Lipinski definition) is 0. The van der Waals surface area contributed by atoms with E-state index in [2.05, 4.69) is 75.3 Å².